The fourth-order valence-electron chi connectivity index (χ4n) is 1.28. The molecule has 0 aliphatic carbocycles. The molecule has 1 heterocycles. The maximum absolute atomic E-state index is 10.4. The first kappa shape index (κ1) is 12.4. The second kappa shape index (κ2) is 8.05. The highest BCUT2D eigenvalue weighted by atomic mass is 16.5. The minimum atomic E-state index is -0.163. The first-order valence-corrected chi connectivity index (χ1v) is 5.13. The van der Waals surface area contributed by atoms with E-state index in [0.717, 1.165) is 25.9 Å². The summed E-state index contributed by atoms with van der Waals surface area (Å²) in [5.41, 5.74) is 0. The molecule has 0 spiro atoms. The van der Waals surface area contributed by atoms with Crippen LogP contribution in [-0.4, -0.2) is 25.7 Å². The van der Waals surface area contributed by atoms with Crippen LogP contribution in [0, 0.1) is 5.92 Å². The quantitative estimate of drug-likeness (QED) is 0.667. The molecular formula is C10H21NO2. The van der Waals surface area contributed by atoms with Crippen molar-refractivity contribution in [3.63, 3.8) is 0 Å². The number of hydrogen-bond donors (Lipinski definition) is 1. The first-order valence-electron chi connectivity index (χ1n) is 5.13. The first-order chi connectivity index (χ1) is 6.29. The molecule has 1 fully saturated rings. The van der Waals surface area contributed by atoms with Crippen LogP contribution in [0.25, 0.3) is 0 Å². The minimum absolute atomic E-state index is 0.163. The van der Waals surface area contributed by atoms with Crippen LogP contribution in [0.4, 0.5) is 0 Å². The third-order valence-corrected chi connectivity index (χ3v) is 1.98. The van der Waals surface area contributed by atoms with Gasteiger partial charge in [-0.3, -0.25) is 4.79 Å². The SMILES string of the molecule is CC.CC(=O)OCC1CCNCC1. The molecule has 1 aliphatic heterocycles. The molecule has 0 bridgehead atoms. The van der Waals surface area contributed by atoms with Crippen LogP contribution in [0.5, 0.6) is 0 Å². The normalized spacial score (nSPS) is 17.2. The molecule has 3 heteroatoms. The monoisotopic (exact) mass is 187 g/mol. The van der Waals surface area contributed by atoms with Gasteiger partial charge < -0.3 is 10.1 Å². The van der Waals surface area contributed by atoms with Gasteiger partial charge in [-0.15, -0.1) is 0 Å². The lowest BCUT2D eigenvalue weighted by Gasteiger charge is -2.21. The predicted octanol–water partition coefficient (Wildman–Crippen LogP) is 1.58. The Hall–Kier alpha value is -0.570. The standard InChI is InChI=1S/C8H15NO2.C2H6/c1-7(10)11-6-8-2-4-9-5-3-8;1-2/h8-9H,2-6H2,1H3;1-2H3. The lowest BCUT2D eigenvalue weighted by atomic mass is 9.99. The number of carbonyl (C=O) groups is 1. The summed E-state index contributed by atoms with van der Waals surface area (Å²) in [6.45, 7) is 8.19. The zero-order valence-corrected chi connectivity index (χ0v) is 8.93. The molecule has 0 unspecified atom stereocenters. The van der Waals surface area contributed by atoms with Crippen molar-refractivity contribution >= 4 is 5.97 Å². The highest BCUT2D eigenvalue weighted by Gasteiger charge is 2.13. The topological polar surface area (TPSA) is 38.3 Å². The summed E-state index contributed by atoms with van der Waals surface area (Å²) in [6, 6.07) is 0. The van der Waals surface area contributed by atoms with Crippen LogP contribution in [0.1, 0.15) is 33.6 Å². The highest BCUT2D eigenvalue weighted by molar-refractivity contribution is 5.65. The summed E-state index contributed by atoms with van der Waals surface area (Å²) >= 11 is 0. The van der Waals surface area contributed by atoms with Crippen molar-refractivity contribution in [2.75, 3.05) is 19.7 Å². The van der Waals surface area contributed by atoms with E-state index in [1.807, 2.05) is 13.8 Å². The number of rotatable bonds is 2. The predicted molar refractivity (Wildman–Crippen MR) is 53.6 cm³/mol. The molecule has 78 valence electrons. The molecular weight excluding hydrogens is 166 g/mol. The van der Waals surface area contributed by atoms with Gasteiger partial charge in [0.15, 0.2) is 0 Å². The molecule has 13 heavy (non-hydrogen) atoms. The van der Waals surface area contributed by atoms with Gasteiger partial charge in [-0.2, -0.15) is 0 Å². The van der Waals surface area contributed by atoms with E-state index in [1.54, 1.807) is 0 Å². The summed E-state index contributed by atoms with van der Waals surface area (Å²) in [4.78, 5) is 10.4. The summed E-state index contributed by atoms with van der Waals surface area (Å²) in [7, 11) is 0. The van der Waals surface area contributed by atoms with Gasteiger partial charge >= 0.3 is 5.97 Å². The number of esters is 1. The van der Waals surface area contributed by atoms with Crippen molar-refractivity contribution < 1.29 is 9.53 Å². The lowest BCUT2D eigenvalue weighted by Crippen LogP contribution is -2.30. The van der Waals surface area contributed by atoms with Gasteiger partial charge in [0.2, 0.25) is 0 Å². The Morgan fingerprint density at radius 2 is 1.92 bits per heavy atom. The molecule has 0 amide bonds. The number of nitrogens with one attached hydrogen (secondary N) is 1. The van der Waals surface area contributed by atoms with E-state index in [9.17, 15) is 4.79 Å². The van der Waals surface area contributed by atoms with Crippen molar-refractivity contribution in [1.82, 2.24) is 5.32 Å². The average molecular weight is 187 g/mol. The van der Waals surface area contributed by atoms with Crippen LogP contribution < -0.4 is 5.32 Å². The van der Waals surface area contributed by atoms with Crippen molar-refractivity contribution in [1.29, 1.82) is 0 Å². The van der Waals surface area contributed by atoms with Gasteiger partial charge in [-0.05, 0) is 31.8 Å². The van der Waals surface area contributed by atoms with E-state index in [1.165, 1.54) is 6.92 Å². The Bertz CT molecular complexity index is 131. The second-order valence-electron chi connectivity index (χ2n) is 3.00. The van der Waals surface area contributed by atoms with Gasteiger partial charge in [0, 0.05) is 6.92 Å². The molecule has 0 saturated carbocycles. The maximum atomic E-state index is 10.4. The number of hydrogen-bond acceptors (Lipinski definition) is 3. The molecule has 1 N–H and O–H groups in total. The average Bonchev–Trinajstić information content (AvgIpc) is 2.19. The number of carbonyl (C=O) groups excluding carboxylic acids is 1. The second-order valence-corrected chi connectivity index (χ2v) is 3.00. The number of piperidine rings is 1. The van der Waals surface area contributed by atoms with Gasteiger partial charge in [0.1, 0.15) is 0 Å². The molecule has 0 aromatic rings. The van der Waals surface area contributed by atoms with Gasteiger partial charge in [0.25, 0.3) is 0 Å². The molecule has 0 aromatic carbocycles. The number of ether oxygens (including phenoxy) is 1. The van der Waals surface area contributed by atoms with E-state index < -0.39 is 0 Å². The van der Waals surface area contributed by atoms with Gasteiger partial charge in [-0.1, -0.05) is 13.8 Å². The summed E-state index contributed by atoms with van der Waals surface area (Å²) in [6.07, 6.45) is 2.26. The third kappa shape index (κ3) is 6.58. The van der Waals surface area contributed by atoms with Crippen LogP contribution in [0.2, 0.25) is 0 Å². The molecule has 1 aliphatic rings. The fraction of sp³-hybridized carbons (Fsp3) is 0.900. The molecule has 0 atom stereocenters. The van der Waals surface area contributed by atoms with Gasteiger partial charge in [-0.25, -0.2) is 0 Å². The van der Waals surface area contributed by atoms with E-state index in [0.29, 0.717) is 12.5 Å². The van der Waals surface area contributed by atoms with Crippen LogP contribution in [0.15, 0.2) is 0 Å². The van der Waals surface area contributed by atoms with Crippen molar-refractivity contribution in [3.05, 3.63) is 0 Å². The van der Waals surface area contributed by atoms with Gasteiger partial charge in [0.05, 0.1) is 6.61 Å². The van der Waals surface area contributed by atoms with E-state index >= 15 is 0 Å². The van der Waals surface area contributed by atoms with E-state index in [4.69, 9.17) is 4.74 Å². The molecule has 1 saturated heterocycles. The molecule has 1 rings (SSSR count). The maximum Gasteiger partial charge on any atom is 0.302 e. The summed E-state index contributed by atoms with van der Waals surface area (Å²) < 4.78 is 4.91. The largest absolute Gasteiger partial charge is 0.466 e. The van der Waals surface area contributed by atoms with E-state index in [2.05, 4.69) is 5.32 Å². The smallest absolute Gasteiger partial charge is 0.302 e. The zero-order chi connectivity index (χ0) is 10.1. The van der Waals surface area contributed by atoms with E-state index in [-0.39, 0.29) is 5.97 Å². The Labute approximate surface area is 80.8 Å². The van der Waals surface area contributed by atoms with Crippen molar-refractivity contribution in [2.45, 2.75) is 33.6 Å². The lowest BCUT2D eigenvalue weighted by molar-refractivity contribution is -0.142. The van der Waals surface area contributed by atoms with Crippen LogP contribution >= 0.6 is 0 Å². The Morgan fingerprint density at radius 3 is 2.38 bits per heavy atom. The Morgan fingerprint density at radius 1 is 1.38 bits per heavy atom. The Kier molecular flexibility index (Phi) is 7.69. The Balaban J connectivity index is 0.000000671. The summed E-state index contributed by atoms with van der Waals surface area (Å²) in [5.74, 6) is 0.420. The summed E-state index contributed by atoms with van der Waals surface area (Å²) in [5, 5.41) is 3.26. The minimum Gasteiger partial charge on any atom is -0.466 e. The molecule has 3 nitrogen and oxygen atoms in total. The zero-order valence-electron chi connectivity index (χ0n) is 8.93. The fourth-order valence-corrected chi connectivity index (χ4v) is 1.28. The van der Waals surface area contributed by atoms with Crippen LogP contribution in [0.3, 0.4) is 0 Å². The highest BCUT2D eigenvalue weighted by Crippen LogP contribution is 2.11. The van der Waals surface area contributed by atoms with Crippen molar-refractivity contribution in [2.24, 2.45) is 5.92 Å². The third-order valence-electron chi connectivity index (χ3n) is 1.98. The van der Waals surface area contributed by atoms with Crippen LogP contribution in [-0.2, 0) is 9.53 Å². The van der Waals surface area contributed by atoms with Crippen molar-refractivity contribution in [3.8, 4) is 0 Å². The molecule has 0 aromatic heterocycles. The molecule has 0 radical (unpaired) electrons.